The molecule has 0 aliphatic carbocycles. The molecule has 0 amide bonds. The fourth-order valence-electron chi connectivity index (χ4n) is 1.84. The Kier molecular flexibility index (Phi) is 4.86. The molecule has 1 N–H and O–H groups in total. The average molecular weight is 326 g/mol. The summed E-state index contributed by atoms with van der Waals surface area (Å²) in [5.74, 6) is 0.797. The summed E-state index contributed by atoms with van der Waals surface area (Å²) in [6, 6.07) is 3.76. The second-order valence-electron chi connectivity index (χ2n) is 6.04. The maximum Gasteiger partial charge on any atom is 0.299 e. The molecule has 6 heteroatoms. The lowest BCUT2D eigenvalue weighted by Crippen LogP contribution is -2.35. The summed E-state index contributed by atoms with van der Waals surface area (Å²) in [5, 5.41) is 13.8. The molecule has 0 radical (unpaired) electrons. The summed E-state index contributed by atoms with van der Waals surface area (Å²) in [6.07, 6.45) is 0. The monoisotopic (exact) mass is 325 g/mol. The molecule has 0 spiro atoms. The van der Waals surface area contributed by atoms with Crippen LogP contribution in [0.2, 0.25) is 5.02 Å². The summed E-state index contributed by atoms with van der Waals surface area (Å²) in [4.78, 5) is 0. The quantitative estimate of drug-likeness (QED) is 0.899. The van der Waals surface area contributed by atoms with Crippen LogP contribution in [0, 0.1) is 13.8 Å². The van der Waals surface area contributed by atoms with E-state index in [2.05, 4.69) is 36.3 Å². The van der Waals surface area contributed by atoms with Crippen molar-refractivity contribution in [1.82, 2.24) is 15.5 Å². The van der Waals surface area contributed by atoms with E-state index in [-0.39, 0.29) is 5.54 Å². The Morgan fingerprint density at radius 3 is 2.38 bits per heavy atom. The van der Waals surface area contributed by atoms with E-state index in [1.165, 1.54) is 11.3 Å². The summed E-state index contributed by atoms with van der Waals surface area (Å²) >= 11 is 7.47. The van der Waals surface area contributed by atoms with Crippen molar-refractivity contribution in [3.8, 4) is 10.9 Å². The van der Waals surface area contributed by atoms with Crippen molar-refractivity contribution in [2.75, 3.05) is 0 Å². The van der Waals surface area contributed by atoms with Crippen LogP contribution in [0.4, 0.5) is 0 Å². The van der Waals surface area contributed by atoms with Gasteiger partial charge in [-0.3, -0.25) is 0 Å². The van der Waals surface area contributed by atoms with Gasteiger partial charge in [0.1, 0.15) is 10.8 Å². The van der Waals surface area contributed by atoms with Crippen LogP contribution in [-0.4, -0.2) is 15.7 Å². The topological polar surface area (TPSA) is 47.0 Å². The predicted octanol–water partition coefficient (Wildman–Crippen LogP) is 4.49. The van der Waals surface area contributed by atoms with Gasteiger partial charge in [-0.2, -0.15) is 0 Å². The SMILES string of the molecule is Cc1cc(Cl)cc(C)c1Oc1nnc(CNC(C)(C)C)s1. The van der Waals surface area contributed by atoms with Crippen molar-refractivity contribution >= 4 is 22.9 Å². The summed E-state index contributed by atoms with van der Waals surface area (Å²) < 4.78 is 5.87. The van der Waals surface area contributed by atoms with Gasteiger partial charge in [-0.25, -0.2) is 0 Å². The van der Waals surface area contributed by atoms with Crippen LogP contribution >= 0.6 is 22.9 Å². The van der Waals surface area contributed by atoms with Crippen molar-refractivity contribution in [2.45, 2.75) is 46.7 Å². The first-order valence-electron chi connectivity index (χ1n) is 6.76. The van der Waals surface area contributed by atoms with Crippen LogP contribution in [0.15, 0.2) is 12.1 Å². The second-order valence-corrected chi connectivity index (χ2v) is 7.50. The lowest BCUT2D eigenvalue weighted by atomic mass is 10.1. The average Bonchev–Trinajstić information content (AvgIpc) is 2.78. The van der Waals surface area contributed by atoms with Gasteiger partial charge in [-0.15, -0.1) is 5.10 Å². The number of hydrogen-bond donors (Lipinski definition) is 1. The minimum Gasteiger partial charge on any atom is -0.429 e. The van der Waals surface area contributed by atoms with Gasteiger partial charge in [0.2, 0.25) is 0 Å². The highest BCUT2D eigenvalue weighted by Gasteiger charge is 2.13. The third-order valence-electron chi connectivity index (χ3n) is 2.83. The van der Waals surface area contributed by atoms with Gasteiger partial charge in [0, 0.05) is 10.6 Å². The van der Waals surface area contributed by atoms with E-state index in [0.29, 0.717) is 16.8 Å². The van der Waals surface area contributed by atoms with Crippen molar-refractivity contribution in [2.24, 2.45) is 0 Å². The number of aromatic nitrogens is 2. The molecule has 114 valence electrons. The summed E-state index contributed by atoms with van der Waals surface area (Å²) in [5.41, 5.74) is 2.03. The Labute approximate surface area is 134 Å². The van der Waals surface area contributed by atoms with Gasteiger partial charge >= 0.3 is 0 Å². The molecule has 21 heavy (non-hydrogen) atoms. The van der Waals surface area contributed by atoms with Crippen molar-refractivity contribution in [3.63, 3.8) is 0 Å². The molecule has 0 atom stereocenters. The molecular formula is C15H20ClN3OS. The molecule has 0 bridgehead atoms. The molecule has 1 aromatic heterocycles. The molecule has 0 unspecified atom stereocenters. The molecule has 0 fully saturated rings. The first-order chi connectivity index (χ1) is 9.74. The lowest BCUT2D eigenvalue weighted by molar-refractivity contribution is 0.422. The fraction of sp³-hybridized carbons (Fsp3) is 0.467. The van der Waals surface area contributed by atoms with Gasteiger partial charge in [-0.1, -0.05) is 28.0 Å². The number of hydrogen-bond acceptors (Lipinski definition) is 5. The van der Waals surface area contributed by atoms with Gasteiger partial charge in [0.15, 0.2) is 0 Å². The van der Waals surface area contributed by atoms with E-state index in [9.17, 15) is 0 Å². The zero-order valence-electron chi connectivity index (χ0n) is 13.0. The van der Waals surface area contributed by atoms with Crippen molar-refractivity contribution < 1.29 is 4.74 Å². The van der Waals surface area contributed by atoms with Gasteiger partial charge in [0.05, 0.1) is 6.54 Å². The predicted molar refractivity (Wildman–Crippen MR) is 87.5 cm³/mol. The number of rotatable bonds is 4. The minimum atomic E-state index is 0.0516. The number of halogens is 1. The Balaban J connectivity index is 2.10. The van der Waals surface area contributed by atoms with Gasteiger partial charge < -0.3 is 10.1 Å². The first-order valence-corrected chi connectivity index (χ1v) is 7.96. The largest absolute Gasteiger partial charge is 0.429 e. The minimum absolute atomic E-state index is 0.0516. The van der Waals surface area contributed by atoms with Crippen LogP contribution in [-0.2, 0) is 6.54 Å². The van der Waals surface area contributed by atoms with Crippen LogP contribution in [0.25, 0.3) is 0 Å². The highest BCUT2D eigenvalue weighted by Crippen LogP contribution is 2.32. The molecule has 0 aliphatic rings. The number of ether oxygens (including phenoxy) is 1. The second kappa shape index (κ2) is 6.30. The standard InChI is InChI=1S/C15H20ClN3OS/c1-9-6-11(16)7-10(2)13(9)20-14-19-18-12(21-14)8-17-15(3,4)5/h6-7,17H,8H2,1-5H3. The molecule has 1 heterocycles. The Morgan fingerprint density at radius 2 is 1.81 bits per heavy atom. The molecule has 0 saturated heterocycles. The number of aryl methyl sites for hydroxylation is 2. The Hall–Kier alpha value is -1.17. The molecule has 1 aromatic carbocycles. The van der Waals surface area contributed by atoms with Gasteiger partial charge in [0.25, 0.3) is 5.19 Å². The maximum atomic E-state index is 6.02. The highest BCUT2D eigenvalue weighted by atomic mass is 35.5. The van der Waals surface area contributed by atoms with E-state index >= 15 is 0 Å². The number of nitrogens with zero attached hydrogens (tertiary/aromatic N) is 2. The first kappa shape index (κ1) is 16.2. The van der Waals surface area contributed by atoms with E-state index < -0.39 is 0 Å². The maximum absolute atomic E-state index is 6.02. The molecule has 4 nitrogen and oxygen atoms in total. The Morgan fingerprint density at radius 1 is 1.19 bits per heavy atom. The third kappa shape index (κ3) is 4.66. The zero-order valence-corrected chi connectivity index (χ0v) is 14.5. The molecule has 2 aromatic rings. The summed E-state index contributed by atoms with van der Waals surface area (Å²) in [6.45, 7) is 11.0. The van der Waals surface area contributed by atoms with E-state index in [4.69, 9.17) is 16.3 Å². The van der Waals surface area contributed by atoms with E-state index in [0.717, 1.165) is 21.9 Å². The van der Waals surface area contributed by atoms with Crippen LogP contribution in [0.3, 0.4) is 0 Å². The van der Waals surface area contributed by atoms with Crippen molar-refractivity contribution in [1.29, 1.82) is 0 Å². The highest BCUT2D eigenvalue weighted by molar-refractivity contribution is 7.13. The molecule has 2 rings (SSSR count). The van der Waals surface area contributed by atoms with Crippen LogP contribution < -0.4 is 10.1 Å². The van der Waals surface area contributed by atoms with E-state index in [1.807, 2.05) is 26.0 Å². The number of benzene rings is 1. The Bertz CT molecular complexity index is 611. The normalized spacial score (nSPS) is 11.7. The van der Waals surface area contributed by atoms with Gasteiger partial charge in [-0.05, 0) is 57.9 Å². The number of nitrogens with one attached hydrogen (secondary N) is 1. The lowest BCUT2D eigenvalue weighted by Gasteiger charge is -2.19. The van der Waals surface area contributed by atoms with E-state index in [1.54, 1.807) is 0 Å². The fourth-order valence-corrected chi connectivity index (χ4v) is 2.80. The van der Waals surface area contributed by atoms with Crippen molar-refractivity contribution in [3.05, 3.63) is 33.3 Å². The smallest absolute Gasteiger partial charge is 0.299 e. The molecule has 0 aliphatic heterocycles. The summed E-state index contributed by atoms with van der Waals surface area (Å²) in [7, 11) is 0. The third-order valence-corrected chi connectivity index (χ3v) is 3.85. The van der Waals surface area contributed by atoms with Crippen LogP contribution in [0.5, 0.6) is 10.9 Å². The molecule has 0 saturated carbocycles. The zero-order chi connectivity index (χ0) is 15.6. The molecular weight excluding hydrogens is 306 g/mol. The van der Waals surface area contributed by atoms with Crippen LogP contribution in [0.1, 0.15) is 36.9 Å².